The van der Waals surface area contributed by atoms with E-state index in [1.54, 1.807) is 17.7 Å². The third kappa shape index (κ3) is 66.2. The van der Waals surface area contributed by atoms with Crippen molar-refractivity contribution in [2.75, 3.05) is 0 Å². The van der Waals surface area contributed by atoms with Crippen molar-refractivity contribution < 1.29 is 29.7 Å². The molecule has 40 heavy (non-hydrogen) atoms. The summed E-state index contributed by atoms with van der Waals surface area (Å²) in [7, 11) is 0. The Morgan fingerprint density at radius 2 is 0.725 bits per heavy atom. The topological polar surface area (TPSA) is 112 Å². The second kappa shape index (κ2) is 45.7. The van der Waals surface area contributed by atoms with Crippen molar-refractivity contribution in [3.05, 3.63) is 12.2 Å². The Bertz CT molecular complexity index is 499. The summed E-state index contributed by atoms with van der Waals surface area (Å²) in [5.41, 5.74) is 0. The van der Waals surface area contributed by atoms with Crippen molar-refractivity contribution >= 4 is 60.2 Å². The smallest absolute Gasteiger partial charge is 0.328 e. The second-order valence-corrected chi connectivity index (χ2v) is 18.5. The number of carboxylic acids is 3. The molecule has 236 valence electrons. The van der Waals surface area contributed by atoms with E-state index in [9.17, 15) is 14.4 Å². The summed E-state index contributed by atoms with van der Waals surface area (Å²) in [5.74, 6) is -3.17. The molecule has 0 aliphatic heterocycles. The number of carboxylic acid groups (broad SMARTS) is 3. The van der Waals surface area contributed by atoms with Gasteiger partial charge in [-0.2, -0.15) is 0 Å². The first-order valence-electron chi connectivity index (χ1n) is 16.0. The van der Waals surface area contributed by atoms with E-state index in [2.05, 4.69) is 34.6 Å². The molecule has 0 bridgehead atoms. The number of hydrogen-bond donors (Lipinski definition) is 3. The molecule has 4 radical (unpaired) electrons. The van der Waals surface area contributed by atoms with E-state index in [-0.39, 0.29) is 42.3 Å². The minimum absolute atomic E-state index is 0.149. The molecule has 0 aromatic heterocycles. The monoisotopic (exact) mass is 784 g/mol. The summed E-state index contributed by atoms with van der Waals surface area (Å²) in [6.07, 6.45) is 24.3. The van der Waals surface area contributed by atoms with Crippen LogP contribution in [0.4, 0.5) is 0 Å². The van der Waals surface area contributed by atoms with E-state index in [1.807, 2.05) is 0 Å². The molecule has 0 rings (SSSR count). The van der Waals surface area contributed by atoms with E-state index in [4.69, 9.17) is 15.3 Å². The van der Waals surface area contributed by atoms with Gasteiger partial charge in [0.25, 0.3) is 0 Å². The van der Waals surface area contributed by atoms with Crippen LogP contribution in [0.15, 0.2) is 12.2 Å². The van der Waals surface area contributed by atoms with Crippen LogP contribution in [0.25, 0.3) is 0 Å². The number of carbonyl (C=O) groups is 3. The molecule has 0 fully saturated rings. The summed E-state index contributed by atoms with van der Waals surface area (Å²) >= 11 is 0.299. The van der Waals surface area contributed by atoms with Gasteiger partial charge in [0.15, 0.2) is 0 Å². The van der Waals surface area contributed by atoms with Crippen LogP contribution in [0.1, 0.15) is 150 Å². The zero-order chi connectivity index (χ0) is 31.1. The third-order valence-corrected chi connectivity index (χ3v) is 13.8. The van der Waals surface area contributed by atoms with Gasteiger partial charge < -0.3 is 15.3 Å². The molecule has 0 aromatic carbocycles. The molecule has 3 N–H and O–H groups in total. The van der Waals surface area contributed by atoms with Crippen molar-refractivity contribution in [1.29, 1.82) is 0 Å². The van der Waals surface area contributed by atoms with E-state index < -0.39 is 17.9 Å². The van der Waals surface area contributed by atoms with Crippen LogP contribution in [-0.2, 0) is 14.4 Å². The molecule has 0 aliphatic rings. The van der Waals surface area contributed by atoms with E-state index in [0.29, 0.717) is 18.6 Å². The molecule has 0 aromatic rings. The van der Waals surface area contributed by atoms with Gasteiger partial charge in [0.2, 0.25) is 0 Å². The van der Waals surface area contributed by atoms with E-state index in [0.717, 1.165) is 12.8 Å². The number of hydrogen-bond acceptors (Lipinski definition) is 3. The summed E-state index contributed by atoms with van der Waals surface area (Å²) in [6.45, 7) is 11.4. The van der Waals surface area contributed by atoms with Gasteiger partial charge in [0, 0.05) is 18.6 Å². The summed E-state index contributed by atoms with van der Waals surface area (Å²) in [6, 6.07) is 0. The summed E-state index contributed by atoms with van der Waals surface area (Å²) < 4.78 is 6.50. The van der Waals surface area contributed by atoms with Gasteiger partial charge >= 0.3 is 157 Å². The largest absolute Gasteiger partial charge is 0.478 e. The molecular weight excluding hydrogens is 718 g/mol. The number of unbranched alkanes of at least 4 members (excludes halogenated alkanes) is 12. The van der Waals surface area contributed by atoms with Crippen LogP contribution in [-0.4, -0.2) is 75.5 Å². The minimum Gasteiger partial charge on any atom is -0.478 e. The van der Waals surface area contributed by atoms with Crippen LogP contribution in [0.3, 0.4) is 0 Å². The zero-order valence-corrected chi connectivity index (χ0v) is 32.5. The maximum absolute atomic E-state index is 10.2. The molecule has 8 heteroatoms. The second-order valence-electron chi connectivity index (χ2n) is 9.90. The number of aliphatic carboxylic acids is 3. The molecular formula is C32H64O6Sn2. The Morgan fingerprint density at radius 1 is 0.450 bits per heavy atom. The normalized spacial score (nSPS) is 10.0. The van der Waals surface area contributed by atoms with E-state index in [1.165, 1.54) is 96.3 Å². The van der Waals surface area contributed by atoms with Gasteiger partial charge in [-0.05, 0) is 6.42 Å². The minimum atomic E-state index is -1.26. The molecule has 0 aliphatic carbocycles. The van der Waals surface area contributed by atoms with Crippen LogP contribution >= 0.6 is 0 Å². The Hall–Kier alpha value is -0.253. The standard InChI is InChI=1S/C12H24O2.C4H4O4.4C4H9.2Sn/c1-2-3-4-5-6-7-8-9-10-11-12(13)14;5-3(6)1-2-4(7)8;4*1-3-4-2;;/h2-11H2,1H3,(H,13,14);1-2H,(H,5,6)(H,7,8);4*1,3-4H2,2H3;;. The van der Waals surface area contributed by atoms with Gasteiger partial charge in [-0.3, -0.25) is 4.79 Å². The zero-order valence-electron chi connectivity index (χ0n) is 26.8. The molecule has 6 nitrogen and oxygen atoms in total. The first kappa shape index (κ1) is 46.7. The molecule has 0 spiro atoms. The molecule has 0 saturated heterocycles. The van der Waals surface area contributed by atoms with Gasteiger partial charge in [-0.1, -0.05) is 58.3 Å². The third-order valence-electron chi connectivity index (χ3n) is 5.69. The Balaban J connectivity index is -0.000000222. The predicted molar refractivity (Wildman–Crippen MR) is 174 cm³/mol. The SMILES string of the molecule is CCCCCCCCCCCC(=O)O.CCC[CH2][Sn][CH2]CCC.CCC[CH2][Sn][CH2]CCC.O=C(O)C=CC(=O)O. The first-order valence-corrected chi connectivity index (χ1v) is 24.1. The number of rotatable bonds is 24. The Labute approximate surface area is 268 Å². The first-order chi connectivity index (χ1) is 19.2. The molecule has 0 saturated carbocycles. The Morgan fingerprint density at radius 3 is 0.975 bits per heavy atom. The van der Waals surface area contributed by atoms with Crippen molar-refractivity contribution in [3.63, 3.8) is 0 Å². The van der Waals surface area contributed by atoms with Gasteiger partial charge in [0.05, 0.1) is 0 Å². The van der Waals surface area contributed by atoms with Crippen LogP contribution in [0, 0.1) is 0 Å². The van der Waals surface area contributed by atoms with Crippen LogP contribution in [0.5, 0.6) is 0 Å². The van der Waals surface area contributed by atoms with Gasteiger partial charge in [-0.25, -0.2) is 9.59 Å². The average molecular weight is 782 g/mol. The van der Waals surface area contributed by atoms with Crippen molar-refractivity contribution in [1.82, 2.24) is 0 Å². The van der Waals surface area contributed by atoms with Crippen LogP contribution < -0.4 is 0 Å². The average Bonchev–Trinajstić information content (AvgIpc) is 2.92. The van der Waals surface area contributed by atoms with Crippen molar-refractivity contribution in [2.24, 2.45) is 0 Å². The fourth-order valence-electron chi connectivity index (χ4n) is 3.19. The fraction of sp³-hybridized carbons (Fsp3) is 0.844. The molecule has 0 heterocycles. The molecule has 0 atom stereocenters. The predicted octanol–water partition coefficient (Wildman–Crippen LogP) is 9.96. The quantitative estimate of drug-likeness (QED) is 0.0511. The maximum Gasteiger partial charge on any atom is 0.328 e. The van der Waals surface area contributed by atoms with Gasteiger partial charge in [-0.15, -0.1) is 0 Å². The maximum atomic E-state index is 10.2. The fourth-order valence-corrected chi connectivity index (χ4v) is 11.5. The van der Waals surface area contributed by atoms with Crippen LogP contribution in [0.2, 0.25) is 17.7 Å². The molecule has 0 unspecified atom stereocenters. The molecule has 0 amide bonds. The van der Waals surface area contributed by atoms with Gasteiger partial charge in [0.1, 0.15) is 0 Å². The van der Waals surface area contributed by atoms with E-state index >= 15 is 0 Å². The summed E-state index contributed by atoms with van der Waals surface area (Å²) in [5, 5.41) is 24.0. The Kier molecular flexibility index (Phi) is 53.4. The summed E-state index contributed by atoms with van der Waals surface area (Å²) in [4.78, 5) is 29.3. The van der Waals surface area contributed by atoms with Crippen molar-refractivity contribution in [2.45, 2.75) is 168 Å². The van der Waals surface area contributed by atoms with Crippen molar-refractivity contribution in [3.8, 4) is 0 Å².